The molecule has 2 N–H and O–H groups in total. The molecule has 0 saturated heterocycles. The fourth-order valence-electron chi connectivity index (χ4n) is 1.48. The summed E-state index contributed by atoms with van der Waals surface area (Å²) in [7, 11) is 0. The van der Waals surface area contributed by atoms with Crippen molar-refractivity contribution < 1.29 is 19.2 Å². The van der Waals surface area contributed by atoms with Gasteiger partial charge < -0.3 is 14.8 Å². The standard InChI is InChI=1S/C12H10N2O5/c15-12(16)8-1-3-9(4-2-8)13-7-10-5-6-11(19-10)14(17)18/h1-6,13H,7H2,(H,15,16). The van der Waals surface area contributed by atoms with Crippen LogP contribution >= 0.6 is 0 Å². The molecule has 0 unspecified atom stereocenters. The van der Waals surface area contributed by atoms with Crippen molar-refractivity contribution in [3.05, 3.63) is 57.8 Å². The highest BCUT2D eigenvalue weighted by atomic mass is 16.6. The maximum Gasteiger partial charge on any atom is 0.433 e. The van der Waals surface area contributed by atoms with Crippen LogP contribution in [-0.2, 0) is 6.54 Å². The van der Waals surface area contributed by atoms with Crippen molar-refractivity contribution in [2.45, 2.75) is 6.54 Å². The first kappa shape index (κ1) is 12.6. The normalized spacial score (nSPS) is 10.1. The van der Waals surface area contributed by atoms with Crippen LogP contribution < -0.4 is 5.32 Å². The predicted octanol–water partition coefficient (Wildman–Crippen LogP) is 2.50. The summed E-state index contributed by atoms with van der Waals surface area (Å²) in [6, 6.07) is 8.95. The van der Waals surface area contributed by atoms with Gasteiger partial charge in [-0.25, -0.2) is 4.79 Å². The average molecular weight is 262 g/mol. The number of hydrogen-bond donors (Lipinski definition) is 2. The number of carboxylic acids is 1. The van der Waals surface area contributed by atoms with E-state index in [1.54, 1.807) is 12.1 Å². The third-order valence-corrected chi connectivity index (χ3v) is 2.43. The first-order valence-corrected chi connectivity index (χ1v) is 5.36. The molecule has 2 rings (SSSR count). The third-order valence-electron chi connectivity index (χ3n) is 2.43. The first-order chi connectivity index (χ1) is 9.06. The number of nitrogens with one attached hydrogen (secondary N) is 1. The van der Waals surface area contributed by atoms with Gasteiger partial charge in [-0.3, -0.25) is 10.1 Å². The van der Waals surface area contributed by atoms with Crippen LogP contribution in [0.5, 0.6) is 0 Å². The predicted molar refractivity (Wildman–Crippen MR) is 66.1 cm³/mol. The Morgan fingerprint density at radius 3 is 2.47 bits per heavy atom. The smallest absolute Gasteiger partial charge is 0.433 e. The van der Waals surface area contributed by atoms with E-state index in [2.05, 4.69) is 5.32 Å². The molecular formula is C12H10N2O5. The maximum atomic E-state index is 10.7. The molecule has 0 spiro atoms. The molecule has 0 atom stereocenters. The van der Waals surface area contributed by atoms with Gasteiger partial charge in [0.25, 0.3) is 0 Å². The molecule has 0 saturated carbocycles. The summed E-state index contributed by atoms with van der Waals surface area (Å²) in [6.07, 6.45) is 0. The third kappa shape index (κ3) is 3.09. The molecule has 1 heterocycles. The molecule has 0 aliphatic rings. The largest absolute Gasteiger partial charge is 0.478 e. The second kappa shape index (κ2) is 5.21. The lowest BCUT2D eigenvalue weighted by atomic mass is 10.2. The van der Waals surface area contributed by atoms with Crippen molar-refractivity contribution >= 4 is 17.5 Å². The van der Waals surface area contributed by atoms with Gasteiger partial charge in [-0.2, -0.15) is 0 Å². The van der Waals surface area contributed by atoms with Crippen molar-refractivity contribution in [2.24, 2.45) is 0 Å². The number of benzene rings is 1. The highest BCUT2D eigenvalue weighted by Gasteiger charge is 2.11. The molecule has 98 valence electrons. The van der Waals surface area contributed by atoms with E-state index in [0.29, 0.717) is 11.4 Å². The molecule has 0 radical (unpaired) electrons. The monoisotopic (exact) mass is 262 g/mol. The van der Waals surface area contributed by atoms with Crippen LogP contribution in [0, 0.1) is 10.1 Å². The Morgan fingerprint density at radius 2 is 1.95 bits per heavy atom. The number of hydrogen-bond acceptors (Lipinski definition) is 5. The van der Waals surface area contributed by atoms with E-state index in [1.165, 1.54) is 24.3 Å². The lowest BCUT2D eigenvalue weighted by Crippen LogP contribution is -2.00. The highest BCUT2D eigenvalue weighted by Crippen LogP contribution is 2.17. The van der Waals surface area contributed by atoms with Gasteiger partial charge in [0.15, 0.2) is 0 Å². The average Bonchev–Trinajstić information content (AvgIpc) is 2.86. The number of carboxylic acid groups (broad SMARTS) is 1. The number of rotatable bonds is 5. The number of aromatic carboxylic acids is 1. The summed E-state index contributed by atoms with van der Waals surface area (Å²) in [4.78, 5) is 20.5. The molecule has 0 aliphatic heterocycles. The topological polar surface area (TPSA) is 106 Å². The van der Waals surface area contributed by atoms with Crippen molar-refractivity contribution in [3.8, 4) is 0 Å². The van der Waals surface area contributed by atoms with Crippen LogP contribution in [-0.4, -0.2) is 16.0 Å². The van der Waals surface area contributed by atoms with Gasteiger partial charge in [-0.1, -0.05) is 0 Å². The molecule has 1 aromatic heterocycles. The zero-order valence-corrected chi connectivity index (χ0v) is 9.70. The molecular weight excluding hydrogens is 252 g/mol. The fraction of sp³-hybridized carbons (Fsp3) is 0.0833. The van der Waals surface area contributed by atoms with E-state index in [-0.39, 0.29) is 18.0 Å². The van der Waals surface area contributed by atoms with Crippen LogP contribution in [0.2, 0.25) is 0 Å². The number of nitro groups is 1. The molecule has 7 nitrogen and oxygen atoms in total. The van der Waals surface area contributed by atoms with Gasteiger partial charge >= 0.3 is 11.9 Å². The van der Waals surface area contributed by atoms with E-state index in [1.807, 2.05) is 0 Å². The summed E-state index contributed by atoms with van der Waals surface area (Å²) >= 11 is 0. The van der Waals surface area contributed by atoms with Gasteiger partial charge in [0.1, 0.15) is 10.7 Å². The molecule has 0 aliphatic carbocycles. The van der Waals surface area contributed by atoms with E-state index < -0.39 is 10.9 Å². The van der Waals surface area contributed by atoms with Gasteiger partial charge in [-0.05, 0) is 30.3 Å². The molecule has 0 fully saturated rings. The molecule has 2 aromatic rings. The van der Waals surface area contributed by atoms with Crippen LogP contribution in [0.15, 0.2) is 40.8 Å². The molecule has 19 heavy (non-hydrogen) atoms. The minimum Gasteiger partial charge on any atom is -0.478 e. The Balaban J connectivity index is 1.97. The summed E-state index contributed by atoms with van der Waals surface area (Å²) in [5, 5.41) is 22.1. The van der Waals surface area contributed by atoms with Crippen LogP contribution in [0.4, 0.5) is 11.6 Å². The zero-order chi connectivity index (χ0) is 13.8. The van der Waals surface area contributed by atoms with Gasteiger partial charge in [0.2, 0.25) is 0 Å². The highest BCUT2D eigenvalue weighted by molar-refractivity contribution is 5.87. The number of carbonyl (C=O) groups is 1. The van der Waals surface area contributed by atoms with E-state index >= 15 is 0 Å². The lowest BCUT2D eigenvalue weighted by Gasteiger charge is -2.04. The lowest BCUT2D eigenvalue weighted by molar-refractivity contribution is -0.402. The van der Waals surface area contributed by atoms with Crippen molar-refractivity contribution in [2.75, 3.05) is 5.32 Å². The Bertz CT molecular complexity index is 603. The van der Waals surface area contributed by atoms with Crippen molar-refractivity contribution in [1.29, 1.82) is 0 Å². The summed E-state index contributed by atoms with van der Waals surface area (Å²) in [5.74, 6) is -0.875. The van der Waals surface area contributed by atoms with Gasteiger partial charge in [-0.15, -0.1) is 0 Å². The maximum absolute atomic E-state index is 10.7. The summed E-state index contributed by atoms with van der Waals surface area (Å²) < 4.78 is 4.97. The van der Waals surface area contributed by atoms with Crippen LogP contribution in [0.3, 0.4) is 0 Å². The van der Waals surface area contributed by atoms with Crippen LogP contribution in [0.1, 0.15) is 16.1 Å². The molecule has 7 heteroatoms. The van der Waals surface area contributed by atoms with Crippen molar-refractivity contribution in [3.63, 3.8) is 0 Å². The number of furan rings is 1. The quantitative estimate of drug-likeness (QED) is 0.633. The second-order valence-electron chi connectivity index (χ2n) is 3.73. The minimum atomic E-state index is -0.992. The van der Waals surface area contributed by atoms with E-state index in [4.69, 9.17) is 9.52 Å². The minimum absolute atomic E-state index is 0.194. The molecule has 0 bridgehead atoms. The summed E-state index contributed by atoms with van der Waals surface area (Å²) in [5.41, 5.74) is 0.892. The number of anilines is 1. The molecule has 0 amide bonds. The SMILES string of the molecule is O=C(O)c1ccc(NCc2ccc([N+](=O)[O-])o2)cc1. The van der Waals surface area contributed by atoms with E-state index in [9.17, 15) is 14.9 Å². The first-order valence-electron chi connectivity index (χ1n) is 5.36. The van der Waals surface area contributed by atoms with E-state index in [0.717, 1.165) is 0 Å². The Morgan fingerprint density at radius 1 is 1.26 bits per heavy atom. The zero-order valence-electron chi connectivity index (χ0n) is 9.70. The van der Waals surface area contributed by atoms with Gasteiger partial charge in [0, 0.05) is 5.69 Å². The van der Waals surface area contributed by atoms with Crippen LogP contribution in [0.25, 0.3) is 0 Å². The Kier molecular flexibility index (Phi) is 3.46. The Hall–Kier alpha value is -2.83. The fourth-order valence-corrected chi connectivity index (χ4v) is 1.48. The Labute approximate surface area is 107 Å². The second-order valence-corrected chi connectivity index (χ2v) is 3.73. The number of nitrogens with zero attached hydrogens (tertiary/aromatic N) is 1. The van der Waals surface area contributed by atoms with Crippen molar-refractivity contribution in [1.82, 2.24) is 0 Å². The summed E-state index contributed by atoms with van der Waals surface area (Å²) in [6.45, 7) is 0.278. The molecule has 1 aromatic carbocycles. The van der Waals surface area contributed by atoms with Gasteiger partial charge in [0.05, 0.1) is 18.2 Å².